The lowest BCUT2D eigenvalue weighted by atomic mass is 10.1. The molecule has 1 heterocycles. The third-order valence-electron chi connectivity index (χ3n) is 2.04. The van der Waals surface area contributed by atoms with E-state index in [-0.39, 0.29) is 0 Å². The largest absolute Gasteiger partial charge is 0.315 e. The third kappa shape index (κ3) is 2.67. The fourth-order valence-electron chi connectivity index (χ4n) is 1.48. The molecule has 0 amide bonds. The summed E-state index contributed by atoms with van der Waals surface area (Å²) in [5, 5.41) is 6.88. The summed E-state index contributed by atoms with van der Waals surface area (Å²) in [4.78, 5) is 0. The Morgan fingerprint density at radius 2 is 2.40 bits per heavy atom. The zero-order chi connectivity index (χ0) is 7.23. The number of hydrogen-bond acceptors (Lipinski definition) is 2. The molecular formula is C8H18N2. The van der Waals surface area contributed by atoms with Gasteiger partial charge in [-0.25, -0.2) is 0 Å². The molecule has 0 radical (unpaired) electrons. The van der Waals surface area contributed by atoms with Gasteiger partial charge in [0.1, 0.15) is 0 Å². The van der Waals surface area contributed by atoms with Gasteiger partial charge in [0.25, 0.3) is 0 Å². The molecule has 1 atom stereocenters. The van der Waals surface area contributed by atoms with Crippen LogP contribution in [0.15, 0.2) is 0 Å². The predicted molar refractivity (Wildman–Crippen MR) is 44.2 cm³/mol. The second-order valence-electron chi connectivity index (χ2n) is 2.95. The monoisotopic (exact) mass is 142 g/mol. The first-order chi connectivity index (χ1) is 4.93. The van der Waals surface area contributed by atoms with Gasteiger partial charge >= 0.3 is 0 Å². The van der Waals surface area contributed by atoms with Crippen LogP contribution in [0.3, 0.4) is 0 Å². The van der Waals surface area contributed by atoms with Crippen molar-refractivity contribution in [3.8, 4) is 0 Å². The minimum absolute atomic E-state index is 0.729. The Morgan fingerprint density at radius 3 is 3.20 bits per heavy atom. The number of likely N-dealkylation sites (N-methyl/N-ethyl adjacent to an activating group) is 1. The van der Waals surface area contributed by atoms with E-state index in [1.54, 1.807) is 0 Å². The van der Waals surface area contributed by atoms with Gasteiger partial charge in [0.2, 0.25) is 0 Å². The third-order valence-corrected chi connectivity index (χ3v) is 2.04. The summed E-state index contributed by atoms with van der Waals surface area (Å²) in [5.41, 5.74) is 0. The van der Waals surface area contributed by atoms with Crippen LogP contribution in [0, 0.1) is 0 Å². The van der Waals surface area contributed by atoms with Gasteiger partial charge in [-0.3, -0.25) is 0 Å². The molecule has 1 saturated heterocycles. The van der Waals surface area contributed by atoms with Crippen molar-refractivity contribution in [2.24, 2.45) is 0 Å². The second-order valence-corrected chi connectivity index (χ2v) is 2.95. The van der Waals surface area contributed by atoms with Gasteiger partial charge in [-0.1, -0.05) is 13.3 Å². The summed E-state index contributed by atoms with van der Waals surface area (Å²) < 4.78 is 0. The molecule has 10 heavy (non-hydrogen) atoms. The molecule has 0 aromatic carbocycles. The lowest BCUT2D eigenvalue weighted by Gasteiger charge is -2.13. The summed E-state index contributed by atoms with van der Waals surface area (Å²) in [7, 11) is 0. The fraction of sp³-hybridized carbons (Fsp3) is 1.00. The van der Waals surface area contributed by atoms with Gasteiger partial charge in [-0.2, -0.15) is 0 Å². The van der Waals surface area contributed by atoms with Crippen LogP contribution in [0.2, 0.25) is 0 Å². The molecule has 0 aromatic rings. The van der Waals surface area contributed by atoms with Crippen LogP contribution in [-0.4, -0.2) is 25.7 Å². The molecule has 1 aliphatic rings. The van der Waals surface area contributed by atoms with Crippen molar-refractivity contribution in [2.75, 3.05) is 19.6 Å². The van der Waals surface area contributed by atoms with Crippen LogP contribution in [0.25, 0.3) is 0 Å². The first-order valence-corrected chi connectivity index (χ1v) is 4.37. The maximum Gasteiger partial charge on any atom is 0.0192 e. The van der Waals surface area contributed by atoms with Crippen LogP contribution in [0.1, 0.15) is 26.2 Å². The van der Waals surface area contributed by atoms with Crippen LogP contribution < -0.4 is 10.6 Å². The molecule has 2 heteroatoms. The summed E-state index contributed by atoms with van der Waals surface area (Å²) in [6.07, 6.45) is 4.08. The van der Waals surface area contributed by atoms with Gasteiger partial charge in [0.05, 0.1) is 0 Å². The van der Waals surface area contributed by atoms with Crippen molar-refractivity contribution in [3.63, 3.8) is 0 Å². The second kappa shape index (κ2) is 4.69. The van der Waals surface area contributed by atoms with Gasteiger partial charge in [-0.15, -0.1) is 0 Å². The van der Waals surface area contributed by atoms with Gasteiger partial charge < -0.3 is 10.6 Å². The highest BCUT2D eigenvalue weighted by atomic mass is 15.0. The first-order valence-electron chi connectivity index (χ1n) is 4.37. The average molecular weight is 142 g/mol. The van der Waals surface area contributed by atoms with Crippen LogP contribution in [0.4, 0.5) is 0 Å². The zero-order valence-corrected chi connectivity index (χ0v) is 6.82. The number of hydrogen-bond donors (Lipinski definition) is 2. The van der Waals surface area contributed by atoms with Crippen molar-refractivity contribution >= 4 is 0 Å². The molecule has 1 fully saturated rings. The predicted octanol–water partition coefficient (Wildman–Crippen LogP) is 0.738. The smallest absolute Gasteiger partial charge is 0.0192 e. The van der Waals surface area contributed by atoms with E-state index < -0.39 is 0 Å². The first kappa shape index (κ1) is 8.02. The van der Waals surface area contributed by atoms with E-state index in [1.165, 1.54) is 25.8 Å². The van der Waals surface area contributed by atoms with E-state index in [4.69, 9.17) is 0 Å². The van der Waals surface area contributed by atoms with Gasteiger partial charge in [0.15, 0.2) is 0 Å². The molecule has 0 spiro atoms. The van der Waals surface area contributed by atoms with E-state index in [1.807, 2.05) is 0 Å². The maximum absolute atomic E-state index is 3.46. The summed E-state index contributed by atoms with van der Waals surface area (Å²) in [6, 6.07) is 0.729. The minimum atomic E-state index is 0.729. The molecule has 1 aliphatic heterocycles. The Labute approximate surface area is 63.4 Å². The summed E-state index contributed by atoms with van der Waals surface area (Å²) in [5.74, 6) is 0. The highest BCUT2D eigenvalue weighted by Crippen LogP contribution is 2.02. The molecule has 1 rings (SSSR count). The van der Waals surface area contributed by atoms with Gasteiger partial charge in [-0.05, 0) is 25.9 Å². The number of nitrogens with one attached hydrogen (secondary N) is 2. The van der Waals surface area contributed by atoms with Crippen molar-refractivity contribution in [1.29, 1.82) is 0 Å². The SMILES string of the molecule is CCN[C@@H]1CCCCNC1. The van der Waals surface area contributed by atoms with Crippen LogP contribution >= 0.6 is 0 Å². The van der Waals surface area contributed by atoms with Crippen molar-refractivity contribution in [3.05, 3.63) is 0 Å². The highest BCUT2D eigenvalue weighted by Gasteiger charge is 2.08. The fourth-order valence-corrected chi connectivity index (χ4v) is 1.48. The molecule has 0 aliphatic carbocycles. The highest BCUT2D eigenvalue weighted by molar-refractivity contribution is 4.72. The molecule has 60 valence electrons. The molecule has 2 nitrogen and oxygen atoms in total. The Kier molecular flexibility index (Phi) is 3.76. The maximum atomic E-state index is 3.46. The molecule has 0 bridgehead atoms. The minimum Gasteiger partial charge on any atom is -0.315 e. The van der Waals surface area contributed by atoms with Gasteiger partial charge in [0, 0.05) is 12.6 Å². The Morgan fingerprint density at radius 1 is 1.50 bits per heavy atom. The van der Waals surface area contributed by atoms with E-state index in [9.17, 15) is 0 Å². The summed E-state index contributed by atoms with van der Waals surface area (Å²) in [6.45, 7) is 5.65. The van der Waals surface area contributed by atoms with Crippen molar-refractivity contribution in [2.45, 2.75) is 32.2 Å². The van der Waals surface area contributed by atoms with E-state index in [0.717, 1.165) is 19.1 Å². The summed E-state index contributed by atoms with van der Waals surface area (Å²) >= 11 is 0. The molecule has 0 unspecified atom stereocenters. The topological polar surface area (TPSA) is 24.1 Å². The Hall–Kier alpha value is -0.0800. The van der Waals surface area contributed by atoms with Crippen LogP contribution in [-0.2, 0) is 0 Å². The number of rotatable bonds is 2. The van der Waals surface area contributed by atoms with E-state index in [0.29, 0.717) is 0 Å². The molecule has 0 saturated carbocycles. The van der Waals surface area contributed by atoms with E-state index in [2.05, 4.69) is 17.6 Å². The quantitative estimate of drug-likeness (QED) is 0.594. The normalized spacial score (nSPS) is 27.9. The van der Waals surface area contributed by atoms with Crippen LogP contribution in [0.5, 0.6) is 0 Å². The average Bonchev–Trinajstić information content (AvgIpc) is 2.17. The lowest BCUT2D eigenvalue weighted by Crippen LogP contribution is -2.36. The van der Waals surface area contributed by atoms with Crippen molar-refractivity contribution in [1.82, 2.24) is 10.6 Å². The molecule has 0 aromatic heterocycles. The Balaban J connectivity index is 2.15. The Bertz CT molecular complexity index is 75.3. The lowest BCUT2D eigenvalue weighted by molar-refractivity contribution is 0.488. The zero-order valence-electron chi connectivity index (χ0n) is 6.82. The standard InChI is InChI=1S/C8H18N2/c1-2-10-8-5-3-4-6-9-7-8/h8-10H,2-7H2,1H3/t8-/m1/s1. The molecular weight excluding hydrogens is 124 g/mol. The van der Waals surface area contributed by atoms with E-state index >= 15 is 0 Å². The molecule has 2 N–H and O–H groups in total. The van der Waals surface area contributed by atoms with Crippen molar-refractivity contribution < 1.29 is 0 Å².